The molecule has 0 spiro atoms. The molecule has 0 aliphatic heterocycles. The minimum atomic E-state index is -0.440. The molecule has 0 atom stereocenters. The minimum absolute atomic E-state index is 0.184. The molecule has 0 saturated heterocycles. The molecular formula is C22H20ClN3O2. The van der Waals surface area contributed by atoms with E-state index in [1.165, 1.54) is 0 Å². The second-order valence-electron chi connectivity index (χ2n) is 6.02. The molecule has 0 aliphatic rings. The van der Waals surface area contributed by atoms with E-state index >= 15 is 0 Å². The zero-order chi connectivity index (χ0) is 19.9. The molecule has 142 valence electrons. The van der Waals surface area contributed by atoms with Crippen LogP contribution >= 0.6 is 11.6 Å². The van der Waals surface area contributed by atoms with Gasteiger partial charge in [-0.05, 0) is 55.5 Å². The van der Waals surface area contributed by atoms with Crippen molar-refractivity contribution in [3.8, 4) is 0 Å². The lowest BCUT2D eigenvalue weighted by Crippen LogP contribution is -2.31. The monoisotopic (exact) mass is 393 g/mol. The summed E-state index contributed by atoms with van der Waals surface area (Å²) >= 11 is 5.86. The summed E-state index contributed by atoms with van der Waals surface area (Å²) in [6, 6.07) is 22.7. The Hall–Kier alpha value is -3.31. The number of rotatable bonds is 5. The van der Waals surface area contributed by atoms with Gasteiger partial charge in [-0.1, -0.05) is 41.9 Å². The van der Waals surface area contributed by atoms with Crippen LogP contribution in [0.4, 0.5) is 21.9 Å². The van der Waals surface area contributed by atoms with E-state index < -0.39 is 6.03 Å². The fourth-order valence-electron chi connectivity index (χ4n) is 2.79. The van der Waals surface area contributed by atoms with Gasteiger partial charge in [-0.3, -0.25) is 4.79 Å². The molecule has 0 fully saturated rings. The van der Waals surface area contributed by atoms with E-state index in [1.807, 2.05) is 37.3 Å². The third-order valence-corrected chi connectivity index (χ3v) is 4.39. The van der Waals surface area contributed by atoms with Gasteiger partial charge < -0.3 is 15.5 Å². The van der Waals surface area contributed by atoms with E-state index in [9.17, 15) is 9.59 Å². The number of benzene rings is 3. The maximum absolute atomic E-state index is 13.1. The zero-order valence-corrected chi connectivity index (χ0v) is 16.1. The minimum Gasteiger partial charge on any atom is -0.309 e. The second kappa shape index (κ2) is 9.06. The third-order valence-electron chi connectivity index (χ3n) is 4.14. The molecule has 3 aromatic rings. The standard InChI is InChI=1S/C22H20ClN3O2/c1-2-26(18-8-4-3-5-9-18)21(27)19-10-6-7-11-20(19)25-22(28)24-17-14-12-16(23)13-15-17/h3-15H,2H2,1H3,(H2,24,25,28). The van der Waals surface area contributed by atoms with Crippen LogP contribution in [0.25, 0.3) is 0 Å². The Morgan fingerprint density at radius 3 is 2.18 bits per heavy atom. The number of hydrogen-bond acceptors (Lipinski definition) is 2. The van der Waals surface area contributed by atoms with Gasteiger partial charge in [0.15, 0.2) is 0 Å². The highest BCUT2D eigenvalue weighted by atomic mass is 35.5. The van der Waals surface area contributed by atoms with E-state index in [-0.39, 0.29) is 5.91 Å². The van der Waals surface area contributed by atoms with Crippen molar-refractivity contribution in [3.63, 3.8) is 0 Å². The molecule has 2 N–H and O–H groups in total. The highest BCUT2D eigenvalue weighted by Crippen LogP contribution is 2.22. The fourth-order valence-corrected chi connectivity index (χ4v) is 2.92. The van der Waals surface area contributed by atoms with Crippen molar-refractivity contribution in [1.82, 2.24) is 0 Å². The Kier molecular flexibility index (Phi) is 6.29. The van der Waals surface area contributed by atoms with E-state index in [2.05, 4.69) is 10.6 Å². The lowest BCUT2D eigenvalue weighted by Gasteiger charge is -2.22. The maximum atomic E-state index is 13.1. The summed E-state index contributed by atoms with van der Waals surface area (Å²) in [5, 5.41) is 6.07. The smallest absolute Gasteiger partial charge is 0.309 e. The van der Waals surface area contributed by atoms with Crippen molar-refractivity contribution in [1.29, 1.82) is 0 Å². The van der Waals surface area contributed by atoms with Gasteiger partial charge in [0.2, 0.25) is 0 Å². The van der Waals surface area contributed by atoms with Crippen molar-refractivity contribution in [3.05, 3.63) is 89.4 Å². The van der Waals surface area contributed by atoms with Crippen molar-refractivity contribution in [2.75, 3.05) is 22.1 Å². The van der Waals surface area contributed by atoms with Crippen molar-refractivity contribution >= 4 is 40.6 Å². The first-order valence-electron chi connectivity index (χ1n) is 8.88. The number of nitrogens with zero attached hydrogens (tertiary/aromatic N) is 1. The number of hydrogen-bond donors (Lipinski definition) is 2. The zero-order valence-electron chi connectivity index (χ0n) is 15.4. The van der Waals surface area contributed by atoms with Crippen LogP contribution in [-0.2, 0) is 0 Å². The fraction of sp³-hybridized carbons (Fsp3) is 0.0909. The van der Waals surface area contributed by atoms with E-state index in [0.717, 1.165) is 5.69 Å². The van der Waals surface area contributed by atoms with Crippen LogP contribution in [0.5, 0.6) is 0 Å². The number of urea groups is 1. The Bertz CT molecular complexity index is 959. The van der Waals surface area contributed by atoms with Gasteiger partial charge in [0.1, 0.15) is 0 Å². The van der Waals surface area contributed by atoms with Crippen LogP contribution in [0, 0.1) is 0 Å². The molecule has 3 amide bonds. The second-order valence-corrected chi connectivity index (χ2v) is 6.45. The largest absolute Gasteiger partial charge is 0.323 e. The number of carbonyl (C=O) groups excluding carboxylic acids is 2. The van der Waals surface area contributed by atoms with Crippen LogP contribution in [0.3, 0.4) is 0 Å². The van der Waals surface area contributed by atoms with Crippen LogP contribution in [0.15, 0.2) is 78.9 Å². The number of para-hydroxylation sites is 2. The lowest BCUT2D eigenvalue weighted by atomic mass is 10.1. The topological polar surface area (TPSA) is 61.4 Å². The van der Waals surface area contributed by atoms with Gasteiger partial charge in [-0.25, -0.2) is 4.79 Å². The number of amides is 3. The summed E-state index contributed by atoms with van der Waals surface area (Å²) in [7, 11) is 0. The number of carbonyl (C=O) groups is 2. The maximum Gasteiger partial charge on any atom is 0.323 e. The highest BCUT2D eigenvalue weighted by Gasteiger charge is 2.19. The molecule has 5 nitrogen and oxygen atoms in total. The van der Waals surface area contributed by atoms with Gasteiger partial charge in [-0.15, -0.1) is 0 Å². The van der Waals surface area contributed by atoms with Crippen molar-refractivity contribution in [2.45, 2.75) is 6.92 Å². The Balaban J connectivity index is 1.79. The first-order valence-corrected chi connectivity index (χ1v) is 9.26. The molecule has 0 radical (unpaired) electrons. The Labute approximate surface area is 168 Å². The summed E-state index contributed by atoms with van der Waals surface area (Å²) < 4.78 is 0. The molecule has 0 bridgehead atoms. The van der Waals surface area contributed by atoms with Crippen molar-refractivity contribution < 1.29 is 9.59 Å². The number of halogens is 1. The number of nitrogens with one attached hydrogen (secondary N) is 2. The van der Waals surface area contributed by atoms with Gasteiger partial charge >= 0.3 is 6.03 Å². The molecule has 28 heavy (non-hydrogen) atoms. The molecule has 3 aromatic carbocycles. The molecule has 6 heteroatoms. The normalized spacial score (nSPS) is 10.2. The predicted octanol–water partition coefficient (Wildman–Crippen LogP) is 5.65. The molecule has 0 unspecified atom stereocenters. The van der Waals surface area contributed by atoms with Gasteiger partial charge in [0, 0.05) is 22.9 Å². The lowest BCUT2D eigenvalue weighted by molar-refractivity contribution is 0.0989. The van der Waals surface area contributed by atoms with Crippen LogP contribution in [0.1, 0.15) is 17.3 Å². The average Bonchev–Trinajstić information content (AvgIpc) is 2.71. The first kappa shape index (κ1) is 19.5. The van der Waals surface area contributed by atoms with Crippen molar-refractivity contribution in [2.24, 2.45) is 0 Å². The summed E-state index contributed by atoms with van der Waals surface area (Å²) in [5.41, 5.74) is 2.26. The Morgan fingerprint density at radius 2 is 1.50 bits per heavy atom. The third kappa shape index (κ3) is 4.69. The average molecular weight is 394 g/mol. The SMILES string of the molecule is CCN(C(=O)c1ccccc1NC(=O)Nc1ccc(Cl)cc1)c1ccccc1. The molecule has 3 rings (SSSR count). The summed E-state index contributed by atoms with van der Waals surface area (Å²) in [6.07, 6.45) is 0. The van der Waals surface area contributed by atoms with Crippen LogP contribution in [-0.4, -0.2) is 18.5 Å². The molecule has 0 aliphatic carbocycles. The van der Waals surface area contributed by atoms with Crippen LogP contribution in [0.2, 0.25) is 5.02 Å². The molecule has 0 aromatic heterocycles. The Morgan fingerprint density at radius 1 is 0.857 bits per heavy atom. The predicted molar refractivity (Wildman–Crippen MR) is 114 cm³/mol. The quantitative estimate of drug-likeness (QED) is 0.588. The van der Waals surface area contributed by atoms with Gasteiger partial charge in [0.05, 0.1) is 11.3 Å². The van der Waals surface area contributed by atoms with Gasteiger partial charge in [0.25, 0.3) is 5.91 Å². The highest BCUT2D eigenvalue weighted by molar-refractivity contribution is 6.30. The molecule has 0 heterocycles. The summed E-state index contributed by atoms with van der Waals surface area (Å²) in [4.78, 5) is 27.1. The first-order chi connectivity index (χ1) is 13.6. The summed E-state index contributed by atoms with van der Waals surface area (Å²) in [5.74, 6) is -0.184. The van der Waals surface area contributed by atoms with Gasteiger partial charge in [-0.2, -0.15) is 0 Å². The van der Waals surface area contributed by atoms with E-state index in [4.69, 9.17) is 11.6 Å². The van der Waals surface area contributed by atoms with E-state index in [1.54, 1.807) is 53.4 Å². The van der Waals surface area contributed by atoms with Crippen LogP contribution < -0.4 is 15.5 Å². The number of anilines is 3. The summed E-state index contributed by atoms with van der Waals surface area (Å²) in [6.45, 7) is 2.42. The van der Waals surface area contributed by atoms with E-state index in [0.29, 0.717) is 28.5 Å². The molecular weight excluding hydrogens is 374 g/mol. The molecule has 0 saturated carbocycles.